The molecule has 0 N–H and O–H groups in total. The summed E-state index contributed by atoms with van der Waals surface area (Å²) in [5, 5.41) is 13.6. The zero-order chi connectivity index (χ0) is 11.5. The van der Waals surface area contributed by atoms with Crippen LogP contribution in [-0.4, -0.2) is 9.78 Å². The first-order valence-corrected chi connectivity index (χ1v) is 5.36. The second-order valence-corrected chi connectivity index (χ2v) is 3.77. The molecule has 0 saturated heterocycles. The summed E-state index contributed by atoms with van der Waals surface area (Å²) in [5.41, 5.74) is 2.28. The zero-order valence-electron chi connectivity index (χ0n) is 8.81. The van der Waals surface area contributed by atoms with E-state index in [9.17, 15) is 0 Å². The van der Waals surface area contributed by atoms with Crippen LogP contribution in [0.1, 0.15) is 12.5 Å². The highest BCUT2D eigenvalue weighted by Crippen LogP contribution is 2.23. The van der Waals surface area contributed by atoms with Crippen LogP contribution in [0.25, 0.3) is 11.3 Å². The van der Waals surface area contributed by atoms with Gasteiger partial charge in [0, 0.05) is 18.3 Å². The SMILES string of the molecule is CCn1ccc(-c2ccc(C#N)c(Cl)c2)n1. The number of aryl methyl sites for hydroxylation is 1. The van der Waals surface area contributed by atoms with Crippen LogP contribution in [0, 0.1) is 11.3 Å². The average Bonchev–Trinajstić information content (AvgIpc) is 2.77. The van der Waals surface area contributed by atoms with Gasteiger partial charge in [-0.15, -0.1) is 0 Å². The highest BCUT2D eigenvalue weighted by molar-refractivity contribution is 6.32. The number of benzene rings is 1. The van der Waals surface area contributed by atoms with Crippen LogP contribution >= 0.6 is 11.6 Å². The third-order valence-electron chi connectivity index (χ3n) is 2.35. The van der Waals surface area contributed by atoms with Gasteiger partial charge in [0.15, 0.2) is 0 Å². The molecule has 0 atom stereocenters. The van der Waals surface area contributed by atoms with Crippen LogP contribution in [-0.2, 0) is 6.54 Å². The maximum absolute atomic E-state index is 8.77. The van der Waals surface area contributed by atoms with E-state index in [1.807, 2.05) is 36.0 Å². The molecule has 1 aromatic carbocycles. The second-order valence-electron chi connectivity index (χ2n) is 3.36. The molecule has 16 heavy (non-hydrogen) atoms. The maximum Gasteiger partial charge on any atom is 0.101 e. The summed E-state index contributed by atoms with van der Waals surface area (Å²) in [6.07, 6.45) is 1.92. The first-order chi connectivity index (χ1) is 7.74. The van der Waals surface area contributed by atoms with E-state index in [4.69, 9.17) is 16.9 Å². The Morgan fingerprint density at radius 2 is 2.25 bits per heavy atom. The summed E-state index contributed by atoms with van der Waals surface area (Å²) in [6, 6.07) is 9.30. The largest absolute Gasteiger partial charge is 0.272 e. The van der Waals surface area contributed by atoms with Gasteiger partial charge in [0.05, 0.1) is 16.3 Å². The molecule has 1 heterocycles. The number of halogens is 1. The highest BCUT2D eigenvalue weighted by atomic mass is 35.5. The summed E-state index contributed by atoms with van der Waals surface area (Å²) in [4.78, 5) is 0. The van der Waals surface area contributed by atoms with Crippen LogP contribution in [0.4, 0.5) is 0 Å². The van der Waals surface area contributed by atoms with Gasteiger partial charge in [0.2, 0.25) is 0 Å². The lowest BCUT2D eigenvalue weighted by Gasteiger charge is -1.99. The van der Waals surface area contributed by atoms with Crippen molar-refractivity contribution in [3.63, 3.8) is 0 Å². The molecular formula is C12H10ClN3. The summed E-state index contributed by atoms with van der Waals surface area (Å²) in [6.45, 7) is 2.87. The minimum absolute atomic E-state index is 0.464. The number of hydrogen-bond donors (Lipinski definition) is 0. The van der Waals surface area contributed by atoms with E-state index in [0.717, 1.165) is 17.8 Å². The minimum atomic E-state index is 0.464. The van der Waals surface area contributed by atoms with Gasteiger partial charge in [0.1, 0.15) is 6.07 Å². The zero-order valence-corrected chi connectivity index (χ0v) is 9.57. The fraction of sp³-hybridized carbons (Fsp3) is 0.167. The molecule has 0 fully saturated rings. The second kappa shape index (κ2) is 4.38. The Bertz CT molecular complexity index is 552. The predicted octanol–water partition coefficient (Wildman–Crippen LogP) is 3.10. The Morgan fingerprint density at radius 1 is 1.44 bits per heavy atom. The molecule has 2 rings (SSSR count). The van der Waals surface area contributed by atoms with Crippen molar-refractivity contribution < 1.29 is 0 Å². The first-order valence-electron chi connectivity index (χ1n) is 4.98. The van der Waals surface area contributed by atoms with E-state index in [-0.39, 0.29) is 0 Å². The smallest absolute Gasteiger partial charge is 0.101 e. The normalized spacial score (nSPS) is 10.1. The molecule has 0 aliphatic heterocycles. The fourth-order valence-corrected chi connectivity index (χ4v) is 1.68. The third-order valence-corrected chi connectivity index (χ3v) is 2.66. The summed E-state index contributed by atoms with van der Waals surface area (Å²) < 4.78 is 1.85. The quantitative estimate of drug-likeness (QED) is 0.797. The number of nitriles is 1. The Morgan fingerprint density at radius 3 is 2.81 bits per heavy atom. The molecule has 0 saturated carbocycles. The van der Waals surface area contributed by atoms with E-state index in [2.05, 4.69) is 5.10 Å². The van der Waals surface area contributed by atoms with Crippen LogP contribution in [0.15, 0.2) is 30.5 Å². The molecule has 0 amide bonds. The van der Waals surface area contributed by atoms with E-state index < -0.39 is 0 Å². The van der Waals surface area contributed by atoms with Crippen molar-refractivity contribution in [2.75, 3.05) is 0 Å². The lowest BCUT2D eigenvalue weighted by atomic mass is 10.1. The van der Waals surface area contributed by atoms with E-state index in [1.54, 1.807) is 12.1 Å². The molecule has 2 aromatic rings. The highest BCUT2D eigenvalue weighted by Gasteiger charge is 2.05. The van der Waals surface area contributed by atoms with Crippen molar-refractivity contribution in [2.45, 2.75) is 13.5 Å². The first kappa shape index (κ1) is 10.7. The molecule has 0 radical (unpaired) electrons. The van der Waals surface area contributed by atoms with Gasteiger partial charge in [-0.05, 0) is 25.1 Å². The van der Waals surface area contributed by atoms with Gasteiger partial charge in [-0.3, -0.25) is 4.68 Å². The van der Waals surface area contributed by atoms with Crippen molar-refractivity contribution in [3.05, 3.63) is 41.0 Å². The fourth-order valence-electron chi connectivity index (χ4n) is 1.46. The van der Waals surface area contributed by atoms with Crippen LogP contribution in [0.3, 0.4) is 0 Å². The van der Waals surface area contributed by atoms with Crippen molar-refractivity contribution >= 4 is 11.6 Å². The van der Waals surface area contributed by atoms with Gasteiger partial charge in [-0.2, -0.15) is 10.4 Å². The standard InChI is InChI=1S/C12H10ClN3/c1-2-16-6-5-12(15-16)9-3-4-10(8-14)11(13)7-9/h3-7H,2H2,1H3. The maximum atomic E-state index is 8.77. The summed E-state index contributed by atoms with van der Waals surface area (Å²) in [7, 11) is 0. The molecular weight excluding hydrogens is 222 g/mol. The van der Waals surface area contributed by atoms with E-state index >= 15 is 0 Å². The molecule has 0 aliphatic carbocycles. The lowest BCUT2D eigenvalue weighted by molar-refractivity contribution is 0.662. The monoisotopic (exact) mass is 231 g/mol. The van der Waals surface area contributed by atoms with Crippen LogP contribution in [0.5, 0.6) is 0 Å². The molecule has 3 nitrogen and oxygen atoms in total. The molecule has 1 aromatic heterocycles. The molecule has 0 aliphatic rings. The van der Waals surface area contributed by atoms with Gasteiger partial charge >= 0.3 is 0 Å². The number of hydrogen-bond acceptors (Lipinski definition) is 2. The van der Waals surface area contributed by atoms with E-state index in [0.29, 0.717) is 10.6 Å². The summed E-state index contributed by atoms with van der Waals surface area (Å²) in [5.74, 6) is 0. The predicted molar refractivity (Wildman–Crippen MR) is 63.1 cm³/mol. The summed E-state index contributed by atoms with van der Waals surface area (Å²) >= 11 is 5.96. The number of aromatic nitrogens is 2. The van der Waals surface area contributed by atoms with Gasteiger partial charge in [-0.25, -0.2) is 0 Å². The van der Waals surface area contributed by atoms with Crippen molar-refractivity contribution in [3.8, 4) is 17.3 Å². The van der Waals surface area contributed by atoms with Crippen molar-refractivity contribution in [1.82, 2.24) is 9.78 Å². The van der Waals surface area contributed by atoms with Crippen molar-refractivity contribution in [1.29, 1.82) is 5.26 Å². The minimum Gasteiger partial charge on any atom is -0.272 e. The number of nitrogens with zero attached hydrogens (tertiary/aromatic N) is 3. The number of rotatable bonds is 2. The van der Waals surface area contributed by atoms with Gasteiger partial charge in [-0.1, -0.05) is 17.7 Å². The molecule has 80 valence electrons. The Labute approximate surface area is 98.9 Å². The van der Waals surface area contributed by atoms with E-state index in [1.165, 1.54) is 0 Å². The lowest BCUT2D eigenvalue weighted by Crippen LogP contribution is -1.93. The van der Waals surface area contributed by atoms with Crippen LogP contribution < -0.4 is 0 Å². The Balaban J connectivity index is 2.42. The molecule has 0 spiro atoms. The Hall–Kier alpha value is -1.79. The van der Waals surface area contributed by atoms with Gasteiger partial charge in [0.25, 0.3) is 0 Å². The molecule has 0 unspecified atom stereocenters. The topological polar surface area (TPSA) is 41.6 Å². The molecule has 0 bridgehead atoms. The molecule has 4 heteroatoms. The Kier molecular flexibility index (Phi) is 2.93. The average molecular weight is 232 g/mol. The van der Waals surface area contributed by atoms with Crippen LogP contribution in [0.2, 0.25) is 5.02 Å². The van der Waals surface area contributed by atoms with Gasteiger partial charge < -0.3 is 0 Å². The third kappa shape index (κ3) is 1.93. The van der Waals surface area contributed by atoms with Crippen molar-refractivity contribution in [2.24, 2.45) is 0 Å².